The molecule has 2 N–H and O–H groups in total. The lowest BCUT2D eigenvalue weighted by atomic mass is 10.1. The molecule has 0 fully saturated rings. The summed E-state index contributed by atoms with van der Waals surface area (Å²) in [5.74, 6) is 0. The molecule has 0 saturated heterocycles. The lowest BCUT2D eigenvalue weighted by Gasteiger charge is -2.23. The van der Waals surface area contributed by atoms with Crippen molar-refractivity contribution in [2.75, 3.05) is 7.05 Å². The summed E-state index contributed by atoms with van der Waals surface area (Å²) in [6, 6.07) is 8.65. The van der Waals surface area contributed by atoms with Gasteiger partial charge in [0.1, 0.15) is 0 Å². The number of aryl methyl sites for hydroxylation is 1. The number of rotatable bonds is 4. The molecule has 0 aliphatic rings. The molecular weight excluding hydrogens is 204 g/mol. The van der Waals surface area contributed by atoms with E-state index in [1.165, 1.54) is 11.1 Å². The highest BCUT2D eigenvalue weighted by Gasteiger charge is 2.11. The molecule has 0 saturated carbocycles. The van der Waals surface area contributed by atoms with Crippen molar-refractivity contribution in [3.63, 3.8) is 0 Å². The summed E-state index contributed by atoms with van der Waals surface area (Å²) >= 11 is 4.97. The maximum Gasteiger partial charge on any atom is 0.0899 e. The lowest BCUT2D eigenvalue weighted by molar-refractivity contribution is 0.304. The van der Waals surface area contributed by atoms with E-state index in [1.54, 1.807) is 0 Å². The van der Waals surface area contributed by atoms with Crippen molar-refractivity contribution in [1.82, 2.24) is 4.90 Å². The van der Waals surface area contributed by atoms with Crippen LogP contribution in [0.1, 0.15) is 18.1 Å². The maximum absolute atomic E-state index is 5.60. The van der Waals surface area contributed by atoms with Crippen LogP contribution in [0.25, 0.3) is 0 Å². The zero-order valence-electron chi connectivity index (χ0n) is 9.53. The Morgan fingerprint density at radius 2 is 1.93 bits per heavy atom. The lowest BCUT2D eigenvalue weighted by Crippen LogP contribution is -2.38. The molecule has 0 aliphatic heterocycles. The molecule has 3 heteroatoms. The van der Waals surface area contributed by atoms with E-state index >= 15 is 0 Å². The molecule has 2 nitrogen and oxygen atoms in total. The predicted octanol–water partition coefficient (Wildman–Crippen LogP) is 2.10. The first-order chi connectivity index (χ1) is 7.00. The number of thiocarbonyl (C=S) groups is 1. The summed E-state index contributed by atoms with van der Waals surface area (Å²) in [7, 11) is 2.03. The normalized spacial score (nSPS) is 12.8. The highest BCUT2D eigenvalue weighted by atomic mass is 32.1. The minimum absolute atomic E-state index is 0.140. The molecule has 1 atom stereocenters. The van der Waals surface area contributed by atoms with E-state index in [9.17, 15) is 0 Å². The molecule has 0 amide bonds. The number of likely N-dealkylation sites (N-methyl/N-ethyl adjacent to an activating group) is 1. The van der Waals surface area contributed by atoms with Gasteiger partial charge in [-0.1, -0.05) is 42.0 Å². The fourth-order valence-corrected chi connectivity index (χ4v) is 1.52. The predicted molar refractivity (Wildman–Crippen MR) is 68.9 cm³/mol. The van der Waals surface area contributed by atoms with Crippen LogP contribution in [0.5, 0.6) is 0 Å². The van der Waals surface area contributed by atoms with E-state index < -0.39 is 0 Å². The second-order valence-electron chi connectivity index (χ2n) is 3.98. The van der Waals surface area contributed by atoms with E-state index in [2.05, 4.69) is 36.1 Å². The summed E-state index contributed by atoms with van der Waals surface area (Å²) in [4.78, 5) is 2.69. The summed E-state index contributed by atoms with van der Waals surface area (Å²) in [5.41, 5.74) is 8.17. The van der Waals surface area contributed by atoms with E-state index in [4.69, 9.17) is 18.0 Å². The third-order valence-electron chi connectivity index (χ3n) is 2.63. The molecule has 82 valence electrons. The fourth-order valence-electron chi connectivity index (χ4n) is 1.34. The van der Waals surface area contributed by atoms with Crippen LogP contribution in [0, 0.1) is 6.92 Å². The third-order valence-corrected chi connectivity index (χ3v) is 2.97. The van der Waals surface area contributed by atoms with Crippen molar-refractivity contribution in [3.8, 4) is 0 Å². The number of nitrogens with two attached hydrogens (primary N) is 1. The van der Waals surface area contributed by atoms with Crippen LogP contribution in [0.3, 0.4) is 0 Å². The summed E-state index contributed by atoms with van der Waals surface area (Å²) in [6.07, 6.45) is 0. The smallest absolute Gasteiger partial charge is 0.0899 e. The Morgan fingerprint density at radius 1 is 1.40 bits per heavy atom. The van der Waals surface area contributed by atoms with Crippen LogP contribution < -0.4 is 5.73 Å². The van der Waals surface area contributed by atoms with Gasteiger partial charge in [0.2, 0.25) is 0 Å². The molecule has 1 unspecified atom stereocenters. The van der Waals surface area contributed by atoms with Crippen LogP contribution in [0.15, 0.2) is 24.3 Å². The largest absolute Gasteiger partial charge is 0.392 e. The monoisotopic (exact) mass is 222 g/mol. The van der Waals surface area contributed by atoms with Crippen LogP contribution >= 0.6 is 12.2 Å². The van der Waals surface area contributed by atoms with Gasteiger partial charge in [-0.25, -0.2) is 0 Å². The Hall–Kier alpha value is -0.930. The van der Waals surface area contributed by atoms with Crippen molar-refractivity contribution in [1.29, 1.82) is 0 Å². The average Bonchev–Trinajstić information content (AvgIpc) is 2.20. The molecule has 0 heterocycles. The summed E-state index contributed by atoms with van der Waals surface area (Å²) in [6.45, 7) is 4.99. The minimum atomic E-state index is 0.140. The van der Waals surface area contributed by atoms with Crippen molar-refractivity contribution < 1.29 is 0 Å². The molecule has 1 aromatic carbocycles. The van der Waals surface area contributed by atoms with Crippen molar-refractivity contribution in [3.05, 3.63) is 35.4 Å². The number of benzene rings is 1. The Balaban J connectivity index is 2.62. The highest BCUT2D eigenvalue weighted by molar-refractivity contribution is 7.80. The van der Waals surface area contributed by atoms with Crippen LogP contribution in [0.4, 0.5) is 0 Å². The second-order valence-corrected chi connectivity index (χ2v) is 4.45. The quantitative estimate of drug-likeness (QED) is 0.791. The van der Waals surface area contributed by atoms with Gasteiger partial charge in [0.25, 0.3) is 0 Å². The van der Waals surface area contributed by atoms with Gasteiger partial charge in [-0.2, -0.15) is 0 Å². The van der Waals surface area contributed by atoms with Gasteiger partial charge >= 0.3 is 0 Å². The van der Waals surface area contributed by atoms with Gasteiger partial charge in [-0.05, 0) is 26.5 Å². The average molecular weight is 222 g/mol. The zero-order valence-corrected chi connectivity index (χ0v) is 10.3. The summed E-state index contributed by atoms with van der Waals surface area (Å²) < 4.78 is 0. The molecule has 0 aliphatic carbocycles. The molecule has 0 aromatic heterocycles. The Labute approximate surface area is 97.1 Å². The van der Waals surface area contributed by atoms with Crippen LogP contribution in [-0.4, -0.2) is 23.0 Å². The van der Waals surface area contributed by atoms with Gasteiger partial charge in [-0.3, -0.25) is 4.90 Å². The Morgan fingerprint density at radius 3 is 2.40 bits per heavy atom. The Bertz CT molecular complexity index is 332. The number of nitrogens with zero attached hydrogens (tertiary/aromatic N) is 1. The zero-order chi connectivity index (χ0) is 11.4. The van der Waals surface area contributed by atoms with Gasteiger partial charge in [0.05, 0.1) is 11.0 Å². The molecule has 0 bridgehead atoms. The van der Waals surface area contributed by atoms with Crippen LogP contribution in [-0.2, 0) is 6.54 Å². The van der Waals surface area contributed by atoms with Gasteiger partial charge < -0.3 is 5.73 Å². The molecule has 15 heavy (non-hydrogen) atoms. The van der Waals surface area contributed by atoms with E-state index in [0.29, 0.717) is 4.99 Å². The van der Waals surface area contributed by atoms with E-state index in [0.717, 1.165) is 6.54 Å². The SMILES string of the molecule is Cc1ccc(CN(C)C(C)C(N)=S)cc1. The minimum Gasteiger partial charge on any atom is -0.392 e. The standard InChI is InChI=1S/C12H18N2S/c1-9-4-6-11(7-5-9)8-14(3)10(2)12(13)15/h4-7,10H,8H2,1-3H3,(H2,13,15). The maximum atomic E-state index is 5.60. The van der Waals surface area contributed by atoms with E-state index in [-0.39, 0.29) is 6.04 Å². The first-order valence-electron chi connectivity index (χ1n) is 5.06. The Kier molecular flexibility index (Phi) is 4.24. The van der Waals surface area contributed by atoms with Crippen LogP contribution in [0.2, 0.25) is 0 Å². The number of hydrogen-bond acceptors (Lipinski definition) is 2. The van der Waals surface area contributed by atoms with Gasteiger partial charge in [0.15, 0.2) is 0 Å². The van der Waals surface area contributed by atoms with Crippen molar-refractivity contribution >= 4 is 17.2 Å². The molecule has 0 radical (unpaired) electrons. The second kappa shape index (κ2) is 5.24. The first-order valence-corrected chi connectivity index (χ1v) is 5.46. The first kappa shape index (κ1) is 12.1. The fraction of sp³-hybridized carbons (Fsp3) is 0.417. The molecular formula is C12H18N2S. The summed E-state index contributed by atoms with van der Waals surface area (Å²) in [5, 5.41) is 0. The topological polar surface area (TPSA) is 29.3 Å². The molecule has 1 aromatic rings. The molecule has 0 spiro atoms. The van der Waals surface area contributed by atoms with Gasteiger partial charge in [-0.15, -0.1) is 0 Å². The van der Waals surface area contributed by atoms with Gasteiger partial charge in [0, 0.05) is 6.54 Å². The third kappa shape index (κ3) is 3.61. The van der Waals surface area contributed by atoms with E-state index in [1.807, 2.05) is 14.0 Å². The molecule has 1 rings (SSSR count). The number of hydrogen-bond donors (Lipinski definition) is 1. The van der Waals surface area contributed by atoms with Crippen molar-refractivity contribution in [2.45, 2.75) is 26.4 Å². The highest BCUT2D eigenvalue weighted by Crippen LogP contribution is 2.08. The van der Waals surface area contributed by atoms with Crippen molar-refractivity contribution in [2.24, 2.45) is 5.73 Å².